The topological polar surface area (TPSA) is 62.3 Å². The number of pyridine rings is 1. The zero-order chi connectivity index (χ0) is 21.5. The van der Waals surface area contributed by atoms with Crippen LogP contribution in [0.25, 0.3) is 10.9 Å². The summed E-state index contributed by atoms with van der Waals surface area (Å²) in [4.78, 5) is 33.5. The van der Waals surface area contributed by atoms with Gasteiger partial charge in [-0.2, -0.15) is 0 Å². The molecular formula is C25H24BrN3O2. The minimum absolute atomic E-state index is 0.0403. The maximum atomic E-state index is 13.5. The van der Waals surface area contributed by atoms with Crippen LogP contribution in [0, 0.1) is 6.92 Å². The van der Waals surface area contributed by atoms with Crippen LogP contribution >= 0.6 is 15.9 Å². The highest BCUT2D eigenvalue weighted by Gasteiger charge is 2.38. The van der Waals surface area contributed by atoms with E-state index in [0.29, 0.717) is 23.3 Å². The van der Waals surface area contributed by atoms with E-state index >= 15 is 0 Å². The summed E-state index contributed by atoms with van der Waals surface area (Å²) >= 11 is 3.47. The maximum absolute atomic E-state index is 13.5. The Hall–Kier alpha value is -2.73. The van der Waals surface area contributed by atoms with E-state index in [2.05, 4.69) is 26.2 Å². The largest absolute Gasteiger partial charge is 0.330 e. The van der Waals surface area contributed by atoms with Gasteiger partial charge < -0.3 is 10.2 Å². The van der Waals surface area contributed by atoms with Crippen molar-refractivity contribution in [1.82, 2.24) is 9.88 Å². The number of hydrogen-bond acceptors (Lipinski definition) is 3. The average molecular weight is 478 g/mol. The molecule has 0 bridgehead atoms. The summed E-state index contributed by atoms with van der Waals surface area (Å²) in [6.45, 7) is 2.42. The van der Waals surface area contributed by atoms with Crippen molar-refractivity contribution in [2.24, 2.45) is 0 Å². The Morgan fingerprint density at radius 3 is 2.68 bits per heavy atom. The second-order valence-corrected chi connectivity index (χ2v) is 9.39. The number of carbonyl (C=O) groups excluding carboxylic acids is 2. The molecule has 6 heteroatoms. The number of aryl methyl sites for hydroxylation is 1. The highest BCUT2D eigenvalue weighted by Crippen LogP contribution is 2.35. The number of benzene rings is 2. The van der Waals surface area contributed by atoms with Crippen molar-refractivity contribution in [3.63, 3.8) is 0 Å². The first-order valence-corrected chi connectivity index (χ1v) is 11.6. The van der Waals surface area contributed by atoms with Gasteiger partial charge in [-0.05, 0) is 49.6 Å². The van der Waals surface area contributed by atoms with Gasteiger partial charge in [-0.1, -0.05) is 53.4 Å². The van der Waals surface area contributed by atoms with Crippen molar-refractivity contribution in [1.29, 1.82) is 0 Å². The third kappa shape index (κ3) is 3.63. The molecule has 0 radical (unpaired) electrons. The third-order valence-corrected chi connectivity index (χ3v) is 6.96. The number of nitrogens with zero attached hydrogens (tertiary/aromatic N) is 2. The van der Waals surface area contributed by atoms with Crippen molar-refractivity contribution < 1.29 is 9.59 Å². The molecule has 0 spiro atoms. The van der Waals surface area contributed by atoms with Crippen LogP contribution in [-0.2, 0) is 6.54 Å². The van der Waals surface area contributed by atoms with Crippen LogP contribution in [0.4, 0.5) is 5.69 Å². The minimum Gasteiger partial charge on any atom is -0.330 e. The summed E-state index contributed by atoms with van der Waals surface area (Å²) in [6.07, 6.45) is 5.58. The molecule has 158 valence electrons. The number of hydrogen-bond donors (Lipinski definition) is 1. The van der Waals surface area contributed by atoms with Gasteiger partial charge in [0.05, 0.1) is 11.1 Å². The molecule has 2 amide bonds. The fourth-order valence-corrected chi connectivity index (χ4v) is 5.34. The average Bonchev–Trinajstić information content (AvgIpc) is 3.10. The van der Waals surface area contributed by atoms with Crippen molar-refractivity contribution in [3.8, 4) is 0 Å². The van der Waals surface area contributed by atoms with E-state index in [-0.39, 0.29) is 17.9 Å². The summed E-state index contributed by atoms with van der Waals surface area (Å²) < 4.78 is 0.965. The van der Waals surface area contributed by atoms with Gasteiger partial charge in [-0.3, -0.25) is 9.59 Å². The fourth-order valence-electron chi connectivity index (χ4n) is 4.86. The Balaban J connectivity index is 1.58. The van der Waals surface area contributed by atoms with E-state index in [4.69, 9.17) is 0 Å². The van der Waals surface area contributed by atoms with E-state index in [1.165, 1.54) is 6.42 Å². The number of para-hydroxylation sites is 1. The van der Waals surface area contributed by atoms with Gasteiger partial charge in [0.25, 0.3) is 11.8 Å². The molecule has 1 N–H and O–H groups in total. The van der Waals surface area contributed by atoms with E-state index in [0.717, 1.165) is 52.4 Å². The van der Waals surface area contributed by atoms with Gasteiger partial charge in [0.1, 0.15) is 5.69 Å². The number of amides is 2. The zero-order valence-corrected chi connectivity index (χ0v) is 19.0. The molecule has 1 aliphatic heterocycles. The Morgan fingerprint density at radius 1 is 1.13 bits per heavy atom. The molecule has 5 nitrogen and oxygen atoms in total. The highest BCUT2D eigenvalue weighted by molar-refractivity contribution is 9.10. The molecule has 2 heterocycles. The number of fused-ring (bicyclic) bond motifs is 2. The SMILES string of the molecule is Cc1cc(Br)ccc1NC(=O)c1c2c(nc3ccccc13)C(=O)N(C1CCCCC1)C2. The summed E-state index contributed by atoms with van der Waals surface area (Å²) in [5.41, 5.74) is 4.16. The number of carbonyl (C=O) groups is 2. The van der Waals surface area contributed by atoms with Crippen LogP contribution in [0.15, 0.2) is 46.9 Å². The predicted molar refractivity (Wildman–Crippen MR) is 125 cm³/mol. The number of nitrogens with one attached hydrogen (secondary N) is 1. The van der Waals surface area contributed by atoms with Crippen molar-refractivity contribution in [2.75, 3.05) is 5.32 Å². The van der Waals surface area contributed by atoms with Crippen molar-refractivity contribution >= 4 is 44.3 Å². The molecular weight excluding hydrogens is 454 g/mol. The lowest BCUT2D eigenvalue weighted by molar-refractivity contribution is 0.0655. The van der Waals surface area contributed by atoms with Crippen LogP contribution in [0.2, 0.25) is 0 Å². The maximum Gasteiger partial charge on any atom is 0.273 e. The van der Waals surface area contributed by atoms with Gasteiger partial charge in [-0.25, -0.2) is 4.98 Å². The first-order chi connectivity index (χ1) is 15.0. The second-order valence-electron chi connectivity index (χ2n) is 8.47. The van der Waals surface area contributed by atoms with Crippen LogP contribution in [-0.4, -0.2) is 27.7 Å². The number of rotatable bonds is 3. The minimum atomic E-state index is -0.196. The Labute approximate surface area is 190 Å². The van der Waals surface area contributed by atoms with E-state index in [1.807, 2.05) is 54.3 Å². The second kappa shape index (κ2) is 8.08. The van der Waals surface area contributed by atoms with Crippen LogP contribution in [0.1, 0.15) is 64.1 Å². The van der Waals surface area contributed by atoms with Crippen LogP contribution < -0.4 is 5.32 Å². The molecule has 1 saturated carbocycles. The first kappa shape index (κ1) is 20.2. The third-order valence-electron chi connectivity index (χ3n) is 6.46. The molecule has 2 aromatic carbocycles. The molecule has 31 heavy (non-hydrogen) atoms. The number of halogens is 1. The van der Waals surface area contributed by atoms with E-state index in [1.54, 1.807) is 0 Å². The lowest BCUT2D eigenvalue weighted by Gasteiger charge is -2.30. The van der Waals surface area contributed by atoms with Crippen molar-refractivity contribution in [2.45, 2.75) is 51.6 Å². The monoisotopic (exact) mass is 477 g/mol. The zero-order valence-electron chi connectivity index (χ0n) is 17.5. The Bertz CT molecular complexity index is 1200. The summed E-state index contributed by atoms with van der Waals surface area (Å²) in [5.74, 6) is -0.236. The smallest absolute Gasteiger partial charge is 0.273 e. The quantitative estimate of drug-likeness (QED) is 0.514. The molecule has 1 aliphatic carbocycles. The molecule has 5 rings (SSSR count). The number of aromatic nitrogens is 1. The molecule has 2 aliphatic rings. The lowest BCUT2D eigenvalue weighted by atomic mass is 9.94. The first-order valence-electron chi connectivity index (χ1n) is 10.8. The normalized spacial score (nSPS) is 16.6. The molecule has 1 aromatic heterocycles. The summed E-state index contributed by atoms with van der Waals surface area (Å²) in [5, 5.41) is 3.85. The van der Waals surface area contributed by atoms with E-state index < -0.39 is 0 Å². The van der Waals surface area contributed by atoms with Gasteiger partial charge in [0.15, 0.2) is 0 Å². The lowest BCUT2D eigenvalue weighted by Crippen LogP contribution is -2.37. The molecule has 0 unspecified atom stereocenters. The molecule has 3 aromatic rings. The Morgan fingerprint density at radius 2 is 1.90 bits per heavy atom. The van der Waals surface area contributed by atoms with E-state index in [9.17, 15) is 9.59 Å². The van der Waals surface area contributed by atoms with Crippen LogP contribution in [0.3, 0.4) is 0 Å². The van der Waals surface area contributed by atoms with Crippen molar-refractivity contribution in [3.05, 3.63) is 69.3 Å². The van der Waals surface area contributed by atoms with Gasteiger partial charge >= 0.3 is 0 Å². The highest BCUT2D eigenvalue weighted by atomic mass is 79.9. The summed E-state index contributed by atoms with van der Waals surface area (Å²) in [7, 11) is 0. The van der Waals surface area contributed by atoms with Gasteiger partial charge in [0, 0.05) is 33.7 Å². The predicted octanol–water partition coefficient (Wildman–Crippen LogP) is 5.85. The van der Waals surface area contributed by atoms with Gasteiger partial charge in [0.2, 0.25) is 0 Å². The van der Waals surface area contributed by atoms with Gasteiger partial charge in [-0.15, -0.1) is 0 Å². The standard InChI is InChI=1S/C25H24BrN3O2/c1-15-13-16(26)11-12-20(15)28-24(30)22-18-9-5-6-10-21(18)27-23-19(22)14-29(25(23)31)17-7-3-2-4-8-17/h5-6,9-13,17H,2-4,7-8,14H2,1H3,(H,28,30). The molecule has 0 saturated heterocycles. The molecule has 1 fully saturated rings. The Kier molecular flexibility index (Phi) is 5.26. The molecule has 0 atom stereocenters. The fraction of sp³-hybridized carbons (Fsp3) is 0.320. The number of anilines is 1. The summed E-state index contributed by atoms with van der Waals surface area (Å²) in [6, 6.07) is 13.6. The van der Waals surface area contributed by atoms with Crippen LogP contribution in [0.5, 0.6) is 0 Å².